The number of ketones is 2. The minimum Gasteiger partial charge on any atom is -0.369 e. The molecule has 0 aromatic heterocycles. The van der Waals surface area contributed by atoms with Crippen molar-refractivity contribution < 1.29 is 14.4 Å². The summed E-state index contributed by atoms with van der Waals surface area (Å²) in [5.74, 6) is -0.204. The van der Waals surface area contributed by atoms with E-state index in [9.17, 15) is 19.6 Å². The Balaban J connectivity index is 1.66. The molecule has 0 aliphatic heterocycles. The summed E-state index contributed by atoms with van der Waals surface area (Å²) in [6, 6.07) is 2.15. The smallest absolute Gasteiger partial charge is 0.223 e. The van der Waals surface area contributed by atoms with Gasteiger partial charge in [-0.3, -0.25) is 14.4 Å². The number of carbonyl (C=O) groups is 3. The fourth-order valence-electron chi connectivity index (χ4n) is 9.70. The third-order valence-electron chi connectivity index (χ3n) is 11.6. The SMILES string of the molecule is CC1(C)CCC2(C(N)=O)CCC3C(C(=O)C=C4C5(C)C=C(C#N)C(=O)C(C)(C)C5CCC43C)C2C1. The van der Waals surface area contributed by atoms with E-state index in [0.29, 0.717) is 0 Å². The van der Waals surface area contributed by atoms with Gasteiger partial charge in [0.05, 0.1) is 11.0 Å². The van der Waals surface area contributed by atoms with Gasteiger partial charge in [0.15, 0.2) is 11.6 Å². The van der Waals surface area contributed by atoms with Crippen LogP contribution in [0.3, 0.4) is 0 Å². The maximum atomic E-state index is 14.1. The summed E-state index contributed by atoms with van der Waals surface area (Å²) in [7, 11) is 0. The lowest BCUT2D eigenvalue weighted by Gasteiger charge is -2.64. The van der Waals surface area contributed by atoms with Crippen LogP contribution in [0.15, 0.2) is 23.3 Å². The van der Waals surface area contributed by atoms with Gasteiger partial charge < -0.3 is 5.73 Å². The van der Waals surface area contributed by atoms with Crippen LogP contribution in [0.2, 0.25) is 0 Å². The van der Waals surface area contributed by atoms with Crippen LogP contribution >= 0.6 is 0 Å². The van der Waals surface area contributed by atoms with Gasteiger partial charge in [0.1, 0.15) is 6.07 Å². The van der Waals surface area contributed by atoms with Gasteiger partial charge in [-0.05, 0) is 79.6 Å². The Morgan fingerprint density at radius 3 is 2.31 bits per heavy atom. The average Bonchev–Trinajstić information content (AvgIpc) is 2.76. The van der Waals surface area contributed by atoms with E-state index in [0.717, 1.165) is 50.5 Å². The first-order valence-corrected chi connectivity index (χ1v) is 13.4. The molecule has 5 rings (SSSR count). The molecule has 7 unspecified atom stereocenters. The maximum absolute atomic E-state index is 14.1. The van der Waals surface area contributed by atoms with Crippen molar-refractivity contribution in [2.45, 2.75) is 86.5 Å². The second-order valence-corrected chi connectivity index (χ2v) is 14.1. The third-order valence-corrected chi connectivity index (χ3v) is 11.6. The van der Waals surface area contributed by atoms with Gasteiger partial charge in [0, 0.05) is 16.7 Å². The quantitative estimate of drug-likeness (QED) is 0.555. The topological polar surface area (TPSA) is 101 Å². The van der Waals surface area contributed by atoms with Crippen molar-refractivity contribution >= 4 is 17.5 Å². The lowest BCUT2D eigenvalue weighted by molar-refractivity contribution is -0.159. The first-order chi connectivity index (χ1) is 16.1. The normalized spacial score (nSPS) is 45.5. The largest absolute Gasteiger partial charge is 0.369 e. The van der Waals surface area contributed by atoms with Gasteiger partial charge in [-0.25, -0.2) is 0 Å². The van der Waals surface area contributed by atoms with E-state index in [1.807, 2.05) is 26.0 Å². The number of fused-ring (bicyclic) bond motifs is 7. The highest BCUT2D eigenvalue weighted by Crippen LogP contribution is 2.70. The molecule has 0 bridgehead atoms. The van der Waals surface area contributed by atoms with Crippen molar-refractivity contribution in [3.63, 3.8) is 0 Å². The summed E-state index contributed by atoms with van der Waals surface area (Å²) in [6.45, 7) is 12.9. The average molecular weight is 477 g/mol. The molecule has 0 heterocycles. The first-order valence-electron chi connectivity index (χ1n) is 13.4. The summed E-state index contributed by atoms with van der Waals surface area (Å²) >= 11 is 0. The fraction of sp³-hybridized carbons (Fsp3) is 0.733. The van der Waals surface area contributed by atoms with Crippen LogP contribution in [0.4, 0.5) is 0 Å². The van der Waals surface area contributed by atoms with E-state index in [-0.39, 0.29) is 57.5 Å². The van der Waals surface area contributed by atoms with E-state index >= 15 is 0 Å². The van der Waals surface area contributed by atoms with Gasteiger partial charge in [0.25, 0.3) is 0 Å². The Morgan fingerprint density at radius 2 is 1.69 bits per heavy atom. The molecule has 0 saturated heterocycles. The Labute approximate surface area is 209 Å². The first kappa shape index (κ1) is 24.5. The molecule has 3 fully saturated rings. The van der Waals surface area contributed by atoms with Crippen molar-refractivity contribution in [3.05, 3.63) is 23.3 Å². The van der Waals surface area contributed by atoms with E-state index < -0.39 is 16.2 Å². The van der Waals surface area contributed by atoms with Crippen LogP contribution in [0.25, 0.3) is 0 Å². The van der Waals surface area contributed by atoms with Crippen LogP contribution in [0.1, 0.15) is 86.5 Å². The van der Waals surface area contributed by atoms with Crippen molar-refractivity contribution in [1.82, 2.24) is 0 Å². The molecule has 0 radical (unpaired) electrons. The predicted octanol–water partition coefficient (Wildman–Crippen LogP) is 5.30. The van der Waals surface area contributed by atoms with Gasteiger partial charge >= 0.3 is 0 Å². The zero-order chi connectivity index (χ0) is 25.8. The Bertz CT molecular complexity index is 1140. The molecule has 188 valence electrons. The number of nitrogens with zero attached hydrogens (tertiary/aromatic N) is 1. The van der Waals surface area contributed by atoms with Crippen LogP contribution < -0.4 is 5.73 Å². The number of amides is 1. The van der Waals surface area contributed by atoms with Crippen LogP contribution in [-0.4, -0.2) is 17.5 Å². The van der Waals surface area contributed by atoms with Crippen molar-refractivity contribution in [1.29, 1.82) is 5.26 Å². The lowest BCUT2D eigenvalue weighted by Crippen LogP contribution is -2.62. The highest BCUT2D eigenvalue weighted by Gasteiger charge is 2.66. The molecule has 5 heteroatoms. The summed E-state index contributed by atoms with van der Waals surface area (Å²) in [6.07, 6.45) is 9.71. The summed E-state index contributed by atoms with van der Waals surface area (Å²) in [5.41, 5.74) is 5.53. The molecule has 0 aromatic rings. The van der Waals surface area contributed by atoms with Crippen molar-refractivity contribution in [2.75, 3.05) is 0 Å². The molecule has 0 spiro atoms. The highest BCUT2D eigenvalue weighted by molar-refractivity contribution is 6.04. The van der Waals surface area contributed by atoms with Gasteiger partial charge in [-0.2, -0.15) is 5.26 Å². The Kier molecular flexibility index (Phi) is 5.02. The van der Waals surface area contributed by atoms with Gasteiger partial charge in [-0.15, -0.1) is 0 Å². The number of hydrogen-bond donors (Lipinski definition) is 1. The standard InChI is InChI=1S/C30H40N2O3/c1-26(2)11-12-30(25(32)35)10-7-18-23(19(30)15-26)20(33)13-22-28(18,5)9-8-21-27(3,4)24(34)17(16-31)14-29(21,22)6/h13-14,18-19,21,23H,7-12,15H2,1-6H3,(H2,32,35). The summed E-state index contributed by atoms with van der Waals surface area (Å²) in [5, 5.41) is 9.79. The van der Waals surface area contributed by atoms with Crippen LogP contribution in [-0.2, 0) is 14.4 Å². The molecule has 3 saturated carbocycles. The fourth-order valence-corrected chi connectivity index (χ4v) is 9.70. The number of nitrogens with two attached hydrogens (primary N) is 1. The monoisotopic (exact) mass is 476 g/mol. The molecular formula is C30H40N2O3. The predicted molar refractivity (Wildman–Crippen MR) is 133 cm³/mol. The second-order valence-electron chi connectivity index (χ2n) is 14.1. The van der Waals surface area contributed by atoms with Gasteiger partial charge in [0.2, 0.25) is 5.91 Å². The Hall–Kier alpha value is -2.22. The molecule has 0 aromatic carbocycles. The third kappa shape index (κ3) is 3.01. The molecule has 1 amide bonds. The maximum Gasteiger partial charge on any atom is 0.223 e. The van der Waals surface area contributed by atoms with Crippen molar-refractivity contribution in [2.24, 2.45) is 56.5 Å². The molecule has 35 heavy (non-hydrogen) atoms. The number of rotatable bonds is 1. The summed E-state index contributed by atoms with van der Waals surface area (Å²) < 4.78 is 0. The minimum absolute atomic E-state index is 0.0234. The molecule has 2 N–H and O–H groups in total. The van der Waals surface area contributed by atoms with E-state index in [1.165, 1.54) is 0 Å². The van der Waals surface area contributed by atoms with Crippen molar-refractivity contribution in [3.8, 4) is 6.07 Å². The molecule has 5 aliphatic carbocycles. The number of allylic oxidation sites excluding steroid dienone is 4. The molecule has 5 nitrogen and oxygen atoms in total. The number of carbonyl (C=O) groups excluding carboxylic acids is 3. The number of Topliss-reactive ketones (excluding diaryl/α,β-unsaturated/α-hetero) is 1. The lowest BCUT2D eigenvalue weighted by atomic mass is 9.38. The molecular weight excluding hydrogens is 436 g/mol. The second kappa shape index (κ2) is 7.17. The highest BCUT2D eigenvalue weighted by atomic mass is 16.1. The molecule has 7 atom stereocenters. The van der Waals surface area contributed by atoms with E-state index in [1.54, 1.807) is 0 Å². The van der Waals surface area contributed by atoms with E-state index in [2.05, 4.69) is 33.8 Å². The molecule has 5 aliphatic rings. The minimum atomic E-state index is -0.655. The number of primary amides is 1. The van der Waals surface area contributed by atoms with E-state index in [4.69, 9.17) is 5.73 Å². The summed E-state index contributed by atoms with van der Waals surface area (Å²) in [4.78, 5) is 40.1. The van der Waals surface area contributed by atoms with Crippen LogP contribution in [0, 0.1) is 62.1 Å². The number of nitriles is 1. The number of hydrogen-bond acceptors (Lipinski definition) is 4. The van der Waals surface area contributed by atoms with Gasteiger partial charge in [-0.1, -0.05) is 53.2 Å². The van der Waals surface area contributed by atoms with Crippen LogP contribution in [0.5, 0.6) is 0 Å². The zero-order valence-electron chi connectivity index (χ0n) is 22.2. The zero-order valence-corrected chi connectivity index (χ0v) is 22.2. The Morgan fingerprint density at radius 1 is 1.00 bits per heavy atom.